The summed E-state index contributed by atoms with van der Waals surface area (Å²) in [5.74, 6) is 0.586. The lowest BCUT2D eigenvalue weighted by Gasteiger charge is -2.30. The molecule has 16 heavy (non-hydrogen) atoms. The van der Waals surface area contributed by atoms with E-state index in [-0.39, 0.29) is 0 Å². The molecule has 1 saturated heterocycles. The first-order valence-corrected chi connectivity index (χ1v) is 6.37. The monoisotopic (exact) mass is 218 g/mol. The van der Waals surface area contributed by atoms with Crippen molar-refractivity contribution in [3.05, 3.63) is 35.9 Å². The molecule has 1 heterocycles. The molecule has 0 spiro atoms. The minimum Gasteiger partial charge on any atom is -0.330 e. The fourth-order valence-corrected chi connectivity index (χ4v) is 2.59. The Morgan fingerprint density at radius 3 is 2.69 bits per heavy atom. The van der Waals surface area contributed by atoms with Gasteiger partial charge in [-0.05, 0) is 43.8 Å². The van der Waals surface area contributed by atoms with Gasteiger partial charge in [0.1, 0.15) is 0 Å². The molecular formula is C14H22N2. The van der Waals surface area contributed by atoms with Crippen molar-refractivity contribution in [1.82, 2.24) is 5.32 Å². The second kappa shape index (κ2) is 6.02. The molecule has 0 aliphatic carbocycles. The van der Waals surface area contributed by atoms with Crippen LogP contribution in [0.15, 0.2) is 30.3 Å². The Morgan fingerprint density at radius 2 is 2.06 bits per heavy atom. The summed E-state index contributed by atoms with van der Waals surface area (Å²) in [7, 11) is 0. The van der Waals surface area contributed by atoms with Crippen LogP contribution in [-0.2, 0) is 6.42 Å². The summed E-state index contributed by atoms with van der Waals surface area (Å²) < 4.78 is 0. The molecule has 0 amide bonds. The average molecular weight is 218 g/mol. The molecule has 2 heteroatoms. The molecule has 1 aromatic rings. The van der Waals surface area contributed by atoms with Gasteiger partial charge in [0.25, 0.3) is 0 Å². The Hall–Kier alpha value is -0.860. The molecule has 2 rings (SSSR count). The van der Waals surface area contributed by atoms with E-state index in [1.54, 1.807) is 0 Å². The molecule has 1 aliphatic heterocycles. The SMILES string of the molecule is NCC(Cc1ccccc1)C1CCCCN1. The number of hydrogen-bond donors (Lipinski definition) is 2. The largest absolute Gasteiger partial charge is 0.330 e. The minimum absolute atomic E-state index is 0.586. The number of nitrogens with one attached hydrogen (secondary N) is 1. The van der Waals surface area contributed by atoms with E-state index < -0.39 is 0 Å². The van der Waals surface area contributed by atoms with Crippen LogP contribution in [0.2, 0.25) is 0 Å². The number of piperidine rings is 1. The van der Waals surface area contributed by atoms with Gasteiger partial charge in [-0.2, -0.15) is 0 Å². The van der Waals surface area contributed by atoms with Crippen molar-refractivity contribution in [3.8, 4) is 0 Å². The Labute approximate surface area is 98.2 Å². The van der Waals surface area contributed by atoms with Gasteiger partial charge >= 0.3 is 0 Å². The van der Waals surface area contributed by atoms with E-state index >= 15 is 0 Å². The summed E-state index contributed by atoms with van der Waals surface area (Å²) in [5.41, 5.74) is 7.32. The van der Waals surface area contributed by atoms with Crippen molar-refractivity contribution in [1.29, 1.82) is 0 Å². The molecule has 0 saturated carbocycles. The van der Waals surface area contributed by atoms with Gasteiger partial charge in [-0.15, -0.1) is 0 Å². The maximum Gasteiger partial charge on any atom is 0.0111 e. The van der Waals surface area contributed by atoms with E-state index in [0.717, 1.165) is 19.5 Å². The van der Waals surface area contributed by atoms with Gasteiger partial charge in [-0.25, -0.2) is 0 Å². The predicted molar refractivity (Wildman–Crippen MR) is 68.3 cm³/mol. The highest BCUT2D eigenvalue weighted by molar-refractivity contribution is 5.15. The van der Waals surface area contributed by atoms with Gasteiger partial charge in [0.05, 0.1) is 0 Å². The summed E-state index contributed by atoms with van der Waals surface area (Å²) in [4.78, 5) is 0. The first-order valence-electron chi connectivity index (χ1n) is 6.37. The lowest BCUT2D eigenvalue weighted by molar-refractivity contribution is 0.297. The maximum absolute atomic E-state index is 5.91. The zero-order valence-corrected chi connectivity index (χ0v) is 9.86. The van der Waals surface area contributed by atoms with Crippen molar-refractivity contribution in [3.63, 3.8) is 0 Å². The van der Waals surface area contributed by atoms with E-state index in [9.17, 15) is 0 Å². The Morgan fingerprint density at radius 1 is 1.25 bits per heavy atom. The van der Waals surface area contributed by atoms with Gasteiger partial charge in [0.2, 0.25) is 0 Å². The van der Waals surface area contributed by atoms with E-state index in [0.29, 0.717) is 12.0 Å². The third-order valence-electron chi connectivity index (χ3n) is 3.56. The molecule has 2 nitrogen and oxygen atoms in total. The summed E-state index contributed by atoms with van der Waals surface area (Å²) >= 11 is 0. The van der Waals surface area contributed by atoms with Crippen LogP contribution in [0.25, 0.3) is 0 Å². The van der Waals surface area contributed by atoms with Crippen LogP contribution < -0.4 is 11.1 Å². The topological polar surface area (TPSA) is 38.0 Å². The fourth-order valence-electron chi connectivity index (χ4n) is 2.59. The van der Waals surface area contributed by atoms with Crippen LogP contribution in [-0.4, -0.2) is 19.1 Å². The molecule has 3 N–H and O–H groups in total. The van der Waals surface area contributed by atoms with Crippen LogP contribution >= 0.6 is 0 Å². The standard InChI is InChI=1S/C14H22N2/c15-11-13(14-8-4-5-9-16-14)10-12-6-2-1-3-7-12/h1-3,6-7,13-14,16H,4-5,8-11,15H2. The van der Waals surface area contributed by atoms with Crippen molar-refractivity contribution in [2.75, 3.05) is 13.1 Å². The lowest BCUT2D eigenvalue weighted by atomic mass is 9.87. The Kier molecular flexibility index (Phi) is 4.37. The van der Waals surface area contributed by atoms with Crippen LogP contribution in [0.1, 0.15) is 24.8 Å². The normalized spacial score (nSPS) is 22.9. The minimum atomic E-state index is 0.586. The molecule has 0 radical (unpaired) electrons. The second-order valence-corrected chi connectivity index (χ2v) is 4.74. The number of hydrogen-bond acceptors (Lipinski definition) is 2. The van der Waals surface area contributed by atoms with E-state index in [4.69, 9.17) is 5.73 Å². The quantitative estimate of drug-likeness (QED) is 0.810. The van der Waals surface area contributed by atoms with Gasteiger partial charge in [-0.3, -0.25) is 0 Å². The van der Waals surface area contributed by atoms with Gasteiger partial charge in [-0.1, -0.05) is 36.8 Å². The van der Waals surface area contributed by atoms with E-state index in [1.807, 2.05) is 0 Å². The molecule has 0 aromatic heterocycles. The predicted octanol–water partition coefficient (Wildman–Crippen LogP) is 1.95. The fraction of sp³-hybridized carbons (Fsp3) is 0.571. The third kappa shape index (κ3) is 3.06. The molecule has 88 valence electrons. The number of nitrogens with two attached hydrogens (primary N) is 1. The zero-order valence-electron chi connectivity index (χ0n) is 9.86. The van der Waals surface area contributed by atoms with Crippen molar-refractivity contribution in [2.24, 2.45) is 11.7 Å². The van der Waals surface area contributed by atoms with Crippen molar-refractivity contribution < 1.29 is 0 Å². The highest BCUT2D eigenvalue weighted by Gasteiger charge is 2.21. The van der Waals surface area contributed by atoms with E-state index in [1.165, 1.54) is 24.8 Å². The van der Waals surface area contributed by atoms with Crippen molar-refractivity contribution in [2.45, 2.75) is 31.7 Å². The summed E-state index contributed by atoms with van der Waals surface area (Å²) in [6.45, 7) is 1.95. The van der Waals surface area contributed by atoms with Crippen LogP contribution in [0.5, 0.6) is 0 Å². The molecular weight excluding hydrogens is 196 g/mol. The molecule has 2 atom stereocenters. The lowest BCUT2D eigenvalue weighted by Crippen LogP contribution is -2.43. The third-order valence-corrected chi connectivity index (χ3v) is 3.56. The first kappa shape index (κ1) is 11.6. The summed E-state index contributed by atoms with van der Waals surface area (Å²) in [6, 6.07) is 11.3. The van der Waals surface area contributed by atoms with Crippen LogP contribution in [0.3, 0.4) is 0 Å². The van der Waals surface area contributed by atoms with Gasteiger partial charge in [0.15, 0.2) is 0 Å². The molecule has 2 unspecified atom stereocenters. The highest BCUT2D eigenvalue weighted by atomic mass is 14.9. The average Bonchev–Trinajstić information content (AvgIpc) is 2.38. The number of rotatable bonds is 4. The smallest absolute Gasteiger partial charge is 0.0111 e. The Balaban J connectivity index is 1.94. The van der Waals surface area contributed by atoms with Crippen molar-refractivity contribution >= 4 is 0 Å². The van der Waals surface area contributed by atoms with E-state index in [2.05, 4.69) is 35.6 Å². The van der Waals surface area contributed by atoms with Crippen LogP contribution in [0.4, 0.5) is 0 Å². The second-order valence-electron chi connectivity index (χ2n) is 4.74. The Bertz CT molecular complexity index is 291. The number of benzene rings is 1. The molecule has 1 fully saturated rings. The summed E-state index contributed by atoms with van der Waals surface area (Å²) in [5, 5.41) is 3.61. The van der Waals surface area contributed by atoms with Gasteiger partial charge < -0.3 is 11.1 Å². The summed E-state index contributed by atoms with van der Waals surface area (Å²) in [6.07, 6.45) is 5.06. The molecule has 1 aromatic carbocycles. The molecule has 0 bridgehead atoms. The molecule has 1 aliphatic rings. The maximum atomic E-state index is 5.91. The van der Waals surface area contributed by atoms with Crippen LogP contribution in [0, 0.1) is 5.92 Å². The highest BCUT2D eigenvalue weighted by Crippen LogP contribution is 2.18. The first-order chi connectivity index (χ1) is 7.90. The zero-order chi connectivity index (χ0) is 11.2. The van der Waals surface area contributed by atoms with Gasteiger partial charge in [0, 0.05) is 6.04 Å².